The molecule has 0 bridgehead atoms. The minimum atomic E-state index is 0.537. The van der Waals surface area contributed by atoms with Crippen molar-refractivity contribution in [2.45, 2.75) is 34.1 Å². The van der Waals surface area contributed by atoms with Crippen molar-refractivity contribution in [1.82, 2.24) is 19.7 Å². The van der Waals surface area contributed by atoms with Gasteiger partial charge in [-0.1, -0.05) is 18.5 Å². The van der Waals surface area contributed by atoms with Crippen molar-refractivity contribution in [3.63, 3.8) is 0 Å². The van der Waals surface area contributed by atoms with Crippen LogP contribution < -0.4 is 0 Å². The normalized spacial score (nSPS) is 10.9. The fraction of sp³-hybridized carbons (Fsp3) is 0.417. The molecule has 0 saturated carbocycles. The van der Waals surface area contributed by atoms with Gasteiger partial charge in [-0.25, -0.2) is 9.97 Å². The molecule has 2 aromatic rings. The molecule has 2 aromatic heterocycles. The summed E-state index contributed by atoms with van der Waals surface area (Å²) in [7, 11) is 0. The van der Waals surface area contributed by atoms with E-state index in [0.717, 1.165) is 29.1 Å². The van der Waals surface area contributed by atoms with E-state index >= 15 is 0 Å². The van der Waals surface area contributed by atoms with Gasteiger partial charge in [0.05, 0.1) is 5.69 Å². The van der Waals surface area contributed by atoms with Crippen LogP contribution in [-0.2, 0) is 6.42 Å². The third-order valence-electron chi connectivity index (χ3n) is 2.64. The number of hydrogen-bond donors (Lipinski definition) is 0. The molecule has 5 heteroatoms. The Labute approximate surface area is 106 Å². The maximum Gasteiger partial charge on any atom is 0.252 e. The average Bonchev–Trinajstić information content (AvgIpc) is 2.54. The van der Waals surface area contributed by atoms with Gasteiger partial charge in [-0.3, -0.25) is 0 Å². The molecule has 0 unspecified atom stereocenters. The summed E-state index contributed by atoms with van der Waals surface area (Å²) >= 11 is 6.25. The van der Waals surface area contributed by atoms with E-state index in [1.54, 1.807) is 4.68 Å². The van der Waals surface area contributed by atoms with Crippen LogP contribution in [0.25, 0.3) is 5.95 Å². The number of nitrogens with zero attached hydrogens (tertiary/aromatic N) is 4. The smallest absolute Gasteiger partial charge is 0.216 e. The van der Waals surface area contributed by atoms with Crippen molar-refractivity contribution in [2.75, 3.05) is 0 Å². The molecule has 0 aromatic carbocycles. The summed E-state index contributed by atoms with van der Waals surface area (Å²) in [6, 6.07) is 1.93. The van der Waals surface area contributed by atoms with Crippen LogP contribution in [0.4, 0.5) is 0 Å². The van der Waals surface area contributed by atoms with Crippen molar-refractivity contribution in [2.24, 2.45) is 0 Å². The Morgan fingerprint density at radius 2 is 1.76 bits per heavy atom. The van der Waals surface area contributed by atoms with Gasteiger partial charge < -0.3 is 0 Å². The van der Waals surface area contributed by atoms with Crippen molar-refractivity contribution in [1.29, 1.82) is 0 Å². The standard InChI is InChI=1S/C12H15ClN4/c1-5-10-9(4)11(13)17(16-10)12-14-7(2)6-8(3)15-12/h6H,5H2,1-4H3. The number of halogens is 1. The summed E-state index contributed by atoms with van der Waals surface area (Å²) < 4.78 is 1.61. The molecule has 4 nitrogen and oxygen atoms in total. The highest BCUT2D eigenvalue weighted by Crippen LogP contribution is 2.21. The second-order valence-corrected chi connectivity index (χ2v) is 4.44. The summed E-state index contributed by atoms with van der Waals surface area (Å²) in [5, 5.41) is 5.03. The largest absolute Gasteiger partial charge is 0.252 e. The van der Waals surface area contributed by atoms with Gasteiger partial charge in [-0.2, -0.15) is 9.78 Å². The van der Waals surface area contributed by atoms with E-state index in [1.807, 2.05) is 26.8 Å². The maximum absolute atomic E-state index is 6.25. The average molecular weight is 251 g/mol. The summed E-state index contributed by atoms with van der Waals surface area (Å²) in [4.78, 5) is 8.72. The second kappa shape index (κ2) is 4.45. The number of aromatic nitrogens is 4. The lowest BCUT2D eigenvalue weighted by Gasteiger charge is -2.03. The van der Waals surface area contributed by atoms with Crippen LogP contribution in [0.15, 0.2) is 6.07 Å². The van der Waals surface area contributed by atoms with E-state index in [1.165, 1.54) is 0 Å². The van der Waals surface area contributed by atoms with Crippen molar-refractivity contribution >= 4 is 11.6 Å². The molecule has 0 N–H and O–H groups in total. The zero-order valence-corrected chi connectivity index (χ0v) is 11.2. The topological polar surface area (TPSA) is 43.6 Å². The zero-order valence-electron chi connectivity index (χ0n) is 10.5. The predicted molar refractivity (Wildman–Crippen MR) is 67.8 cm³/mol. The second-order valence-electron chi connectivity index (χ2n) is 4.08. The van der Waals surface area contributed by atoms with Crippen LogP contribution in [0.1, 0.15) is 29.6 Å². The molecule has 0 aliphatic rings. The highest BCUT2D eigenvalue weighted by atomic mass is 35.5. The van der Waals surface area contributed by atoms with Crippen LogP contribution in [0.3, 0.4) is 0 Å². The lowest BCUT2D eigenvalue weighted by Crippen LogP contribution is -2.05. The quantitative estimate of drug-likeness (QED) is 0.823. The van der Waals surface area contributed by atoms with Gasteiger partial charge in [-0.15, -0.1) is 0 Å². The van der Waals surface area contributed by atoms with Gasteiger partial charge in [0, 0.05) is 17.0 Å². The Bertz CT molecular complexity index is 540. The summed E-state index contributed by atoms with van der Waals surface area (Å²) in [5.74, 6) is 0.537. The lowest BCUT2D eigenvalue weighted by atomic mass is 10.2. The van der Waals surface area contributed by atoms with Crippen LogP contribution in [0, 0.1) is 20.8 Å². The van der Waals surface area contributed by atoms with Gasteiger partial charge in [0.1, 0.15) is 5.15 Å². The van der Waals surface area contributed by atoms with Crippen LogP contribution >= 0.6 is 11.6 Å². The lowest BCUT2D eigenvalue weighted by molar-refractivity contribution is 0.774. The fourth-order valence-corrected chi connectivity index (χ4v) is 2.01. The Balaban J connectivity index is 2.60. The maximum atomic E-state index is 6.25. The molecule has 2 heterocycles. The highest BCUT2D eigenvalue weighted by molar-refractivity contribution is 6.30. The third-order valence-corrected chi connectivity index (χ3v) is 3.09. The van der Waals surface area contributed by atoms with E-state index in [4.69, 9.17) is 11.6 Å². The van der Waals surface area contributed by atoms with Gasteiger partial charge in [0.25, 0.3) is 5.95 Å². The van der Waals surface area contributed by atoms with E-state index in [-0.39, 0.29) is 0 Å². The van der Waals surface area contributed by atoms with E-state index < -0.39 is 0 Å². The molecule has 90 valence electrons. The number of aryl methyl sites for hydroxylation is 3. The SMILES string of the molecule is CCc1nn(-c2nc(C)cc(C)n2)c(Cl)c1C. The minimum absolute atomic E-state index is 0.537. The number of rotatable bonds is 2. The van der Waals surface area contributed by atoms with Gasteiger partial charge in [0.15, 0.2) is 0 Å². The van der Waals surface area contributed by atoms with Crippen molar-refractivity contribution in [3.05, 3.63) is 33.9 Å². The van der Waals surface area contributed by atoms with Crippen molar-refractivity contribution in [3.8, 4) is 5.95 Å². The Morgan fingerprint density at radius 3 is 2.24 bits per heavy atom. The zero-order chi connectivity index (χ0) is 12.6. The fourth-order valence-electron chi connectivity index (χ4n) is 1.79. The highest BCUT2D eigenvalue weighted by Gasteiger charge is 2.14. The minimum Gasteiger partial charge on any atom is -0.216 e. The molecular weight excluding hydrogens is 236 g/mol. The molecule has 0 atom stereocenters. The monoisotopic (exact) mass is 250 g/mol. The summed E-state index contributed by atoms with van der Waals surface area (Å²) in [6.07, 6.45) is 0.851. The number of hydrogen-bond acceptors (Lipinski definition) is 3. The van der Waals surface area contributed by atoms with Gasteiger partial charge in [0.2, 0.25) is 0 Å². The Hall–Kier alpha value is -1.42. The molecule has 0 amide bonds. The van der Waals surface area contributed by atoms with E-state index in [9.17, 15) is 0 Å². The van der Waals surface area contributed by atoms with E-state index in [0.29, 0.717) is 11.1 Å². The molecule has 0 spiro atoms. The molecular formula is C12H15ClN4. The molecule has 0 fully saturated rings. The van der Waals surface area contributed by atoms with E-state index in [2.05, 4.69) is 22.0 Å². The van der Waals surface area contributed by atoms with Crippen LogP contribution in [0.2, 0.25) is 5.15 Å². The predicted octanol–water partition coefficient (Wildman–Crippen LogP) is 2.80. The van der Waals surface area contributed by atoms with Crippen molar-refractivity contribution < 1.29 is 0 Å². The molecule has 0 aliphatic carbocycles. The van der Waals surface area contributed by atoms with Crippen LogP contribution in [0.5, 0.6) is 0 Å². The Morgan fingerprint density at radius 1 is 1.18 bits per heavy atom. The molecule has 2 rings (SSSR count). The third kappa shape index (κ3) is 2.17. The van der Waals surface area contributed by atoms with Gasteiger partial charge >= 0.3 is 0 Å². The summed E-state index contributed by atoms with van der Waals surface area (Å²) in [5.41, 5.74) is 3.80. The molecule has 0 saturated heterocycles. The first kappa shape index (κ1) is 12.0. The molecule has 17 heavy (non-hydrogen) atoms. The molecule has 0 radical (unpaired) electrons. The first-order chi connectivity index (χ1) is 8.02. The first-order valence-corrected chi connectivity index (χ1v) is 5.97. The van der Waals surface area contributed by atoms with Gasteiger partial charge in [-0.05, 0) is 33.3 Å². The first-order valence-electron chi connectivity index (χ1n) is 5.59. The van der Waals surface area contributed by atoms with Crippen LogP contribution in [-0.4, -0.2) is 19.7 Å². The summed E-state index contributed by atoms with van der Waals surface area (Å²) in [6.45, 7) is 7.89. The Kier molecular flexibility index (Phi) is 3.15. The molecule has 0 aliphatic heterocycles.